The minimum absolute atomic E-state index is 0.0605. The zero-order chi connectivity index (χ0) is 21.6. The lowest BCUT2D eigenvalue weighted by Crippen LogP contribution is -2.37. The molecular weight excluding hydrogens is 440 g/mol. The number of amides is 1. The van der Waals surface area contributed by atoms with Crippen molar-refractivity contribution in [3.8, 4) is 17.2 Å². The van der Waals surface area contributed by atoms with E-state index in [2.05, 4.69) is 4.99 Å². The molecule has 0 bridgehead atoms. The lowest BCUT2D eigenvalue weighted by Gasteiger charge is -2.24. The number of fused-ring (bicyclic) bond motifs is 2. The molecule has 0 radical (unpaired) electrons. The molecule has 0 unspecified atom stereocenters. The summed E-state index contributed by atoms with van der Waals surface area (Å²) in [7, 11) is -1.55. The summed E-state index contributed by atoms with van der Waals surface area (Å²) < 4.78 is 40.4. The van der Waals surface area contributed by atoms with E-state index in [-0.39, 0.29) is 35.5 Å². The summed E-state index contributed by atoms with van der Waals surface area (Å²) in [6.45, 7) is 0.611. The van der Waals surface area contributed by atoms with E-state index < -0.39 is 9.84 Å². The number of rotatable bonds is 4. The predicted molar refractivity (Wildman–Crippen MR) is 117 cm³/mol. The Hall–Kier alpha value is -2.72. The quantitative estimate of drug-likeness (QED) is 0.686. The number of hydrogen-bond donors (Lipinski definition) is 0. The van der Waals surface area contributed by atoms with Crippen LogP contribution < -0.4 is 14.2 Å². The van der Waals surface area contributed by atoms with Gasteiger partial charge in [0.05, 0.1) is 24.7 Å². The van der Waals surface area contributed by atoms with Gasteiger partial charge in [0.1, 0.15) is 5.75 Å². The number of benzene rings is 2. The molecular formula is C21H20N2O6S2. The zero-order valence-electron chi connectivity index (χ0n) is 16.7. The molecule has 0 saturated carbocycles. The van der Waals surface area contributed by atoms with Crippen LogP contribution in [-0.2, 0) is 16.4 Å². The number of thioether (sulfide) groups is 1. The third-order valence-corrected chi connectivity index (χ3v) is 8.75. The van der Waals surface area contributed by atoms with Crippen molar-refractivity contribution in [1.29, 1.82) is 0 Å². The Labute approximate surface area is 184 Å². The van der Waals surface area contributed by atoms with Gasteiger partial charge in [-0.15, -0.1) is 0 Å². The first-order valence-corrected chi connectivity index (χ1v) is 12.4. The highest BCUT2D eigenvalue weighted by Crippen LogP contribution is 2.40. The van der Waals surface area contributed by atoms with E-state index in [1.54, 1.807) is 31.4 Å². The highest BCUT2D eigenvalue weighted by molar-refractivity contribution is 8.15. The van der Waals surface area contributed by atoms with Crippen molar-refractivity contribution in [2.45, 2.75) is 17.8 Å². The molecule has 1 amide bonds. The van der Waals surface area contributed by atoms with Crippen LogP contribution in [0.15, 0.2) is 47.5 Å². The van der Waals surface area contributed by atoms with E-state index in [9.17, 15) is 13.2 Å². The van der Waals surface area contributed by atoms with Gasteiger partial charge in [-0.25, -0.2) is 8.42 Å². The summed E-state index contributed by atoms with van der Waals surface area (Å²) in [6, 6.07) is 12.2. The summed E-state index contributed by atoms with van der Waals surface area (Å²) >= 11 is 1.36. The molecule has 3 aliphatic heterocycles. The third kappa shape index (κ3) is 3.97. The molecule has 2 aromatic carbocycles. The molecule has 5 rings (SSSR count). The number of sulfone groups is 1. The highest BCUT2D eigenvalue weighted by atomic mass is 32.2. The fourth-order valence-corrected chi connectivity index (χ4v) is 7.89. The molecule has 2 saturated heterocycles. The molecule has 0 spiro atoms. The van der Waals surface area contributed by atoms with Crippen LogP contribution in [0.5, 0.6) is 17.2 Å². The fraction of sp³-hybridized carbons (Fsp3) is 0.333. The van der Waals surface area contributed by atoms with E-state index in [4.69, 9.17) is 14.2 Å². The van der Waals surface area contributed by atoms with Gasteiger partial charge in [0.2, 0.25) is 6.79 Å². The monoisotopic (exact) mass is 460 g/mol. The first-order valence-electron chi connectivity index (χ1n) is 9.71. The molecule has 2 atom stereocenters. The molecule has 10 heteroatoms. The number of aliphatic imine (C=N–C) groups is 1. The Morgan fingerprint density at radius 1 is 1.16 bits per heavy atom. The van der Waals surface area contributed by atoms with Gasteiger partial charge in [0, 0.05) is 17.4 Å². The van der Waals surface area contributed by atoms with Crippen LogP contribution in [0, 0.1) is 0 Å². The highest BCUT2D eigenvalue weighted by Gasteiger charge is 2.48. The van der Waals surface area contributed by atoms with Crippen molar-refractivity contribution in [3.63, 3.8) is 0 Å². The van der Waals surface area contributed by atoms with Gasteiger partial charge >= 0.3 is 0 Å². The van der Waals surface area contributed by atoms with Crippen LogP contribution in [0.2, 0.25) is 0 Å². The van der Waals surface area contributed by atoms with E-state index in [0.29, 0.717) is 34.5 Å². The van der Waals surface area contributed by atoms with Gasteiger partial charge in [0.25, 0.3) is 5.91 Å². The van der Waals surface area contributed by atoms with Crippen molar-refractivity contribution in [1.82, 2.24) is 4.90 Å². The number of carbonyl (C=O) groups excluding carboxylic acids is 1. The Morgan fingerprint density at radius 3 is 2.71 bits per heavy atom. The molecule has 0 aliphatic carbocycles. The second-order valence-corrected chi connectivity index (χ2v) is 10.9. The van der Waals surface area contributed by atoms with Crippen LogP contribution in [0.3, 0.4) is 0 Å². The van der Waals surface area contributed by atoms with Crippen molar-refractivity contribution in [2.24, 2.45) is 4.99 Å². The van der Waals surface area contributed by atoms with Crippen LogP contribution in [0.4, 0.5) is 0 Å². The van der Waals surface area contributed by atoms with Crippen molar-refractivity contribution >= 4 is 32.7 Å². The third-order valence-electron chi connectivity index (χ3n) is 5.50. The number of hydrogen-bond acceptors (Lipinski definition) is 7. The van der Waals surface area contributed by atoms with Crippen molar-refractivity contribution in [2.75, 3.05) is 25.4 Å². The number of amidine groups is 1. The van der Waals surface area contributed by atoms with Gasteiger partial charge in [-0.2, -0.15) is 4.99 Å². The minimum Gasteiger partial charge on any atom is -0.497 e. The topological polar surface area (TPSA) is 94.5 Å². The van der Waals surface area contributed by atoms with Crippen molar-refractivity contribution < 1.29 is 27.4 Å². The maximum absolute atomic E-state index is 12.8. The van der Waals surface area contributed by atoms with Gasteiger partial charge < -0.3 is 19.1 Å². The van der Waals surface area contributed by atoms with E-state index in [1.807, 2.05) is 23.1 Å². The van der Waals surface area contributed by atoms with E-state index in [0.717, 1.165) is 5.56 Å². The summed E-state index contributed by atoms with van der Waals surface area (Å²) in [5.41, 5.74) is 1.38. The molecule has 31 heavy (non-hydrogen) atoms. The smallest absolute Gasteiger partial charge is 0.279 e. The van der Waals surface area contributed by atoms with E-state index in [1.165, 1.54) is 11.8 Å². The summed E-state index contributed by atoms with van der Waals surface area (Å²) in [5, 5.41) is 0.407. The predicted octanol–water partition coefficient (Wildman–Crippen LogP) is 2.33. The first-order chi connectivity index (χ1) is 14.9. The summed E-state index contributed by atoms with van der Waals surface area (Å²) in [4.78, 5) is 19.1. The zero-order valence-corrected chi connectivity index (χ0v) is 18.3. The van der Waals surface area contributed by atoms with Crippen LogP contribution in [0.25, 0.3) is 0 Å². The number of ether oxygens (including phenoxy) is 3. The number of methoxy groups -OCH3 is 1. The van der Waals surface area contributed by atoms with Crippen LogP contribution in [-0.4, -0.2) is 61.1 Å². The Bertz CT molecular complexity index is 1160. The molecule has 2 aromatic rings. The molecule has 8 nitrogen and oxygen atoms in total. The second kappa shape index (κ2) is 7.76. The second-order valence-electron chi connectivity index (χ2n) is 7.54. The normalized spacial score (nSPS) is 24.4. The van der Waals surface area contributed by atoms with Gasteiger partial charge in [-0.1, -0.05) is 17.8 Å². The average Bonchev–Trinajstić information content (AvgIpc) is 3.41. The van der Waals surface area contributed by atoms with Crippen LogP contribution >= 0.6 is 11.8 Å². The summed E-state index contributed by atoms with van der Waals surface area (Å²) in [5.74, 6) is 1.78. The molecule has 3 heterocycles. The maximum Gasteiger partial charge on any atom is 0.279 e. The Kier molecular flexibility index (Phi) is 5.05. The van der Waals surface area contributed by atoms with E-state index >= 15 is 0 Å². The summed E-state index contributed by atoms with van der Waals surface area (Å²) in [6.07, 6.45) is 0. The molecule has 162 valence electrons. The molecule has 0 aromatic heterocycles. The van der Waals surface area contributed by atoms with Gasteiger partial charge in [0.15, 0.2) is 26.5 Å². The van der Waals surface area contributed by atoms with Crippen molar-refractivity contribution in [3.05, 3.63) is 53.6 Å². The Morgan fingerprint density at radius 2 is 1.94 bits per heavy atom. The van der Waals surface area contributed by atoms with Gasteiger partial charge in [-0.3, -0.25) is 4.79 Å². The lowest BCUT2D eigenvalue weighted by molar-refractivity contribution is 0.100. The van der Waals surface area contributed by atoms with Crippen LogP contribution in [0.1, 0.15) is 15.9 Å². The number of nitrogens with zero attached hydrogens (tertiary/aromatic N) is 2. The SMILES string of the molecule is COc1ccc(C(=O)N=C2S[C@H]3CS(=O)(=O)C[C@@H]3N2Cc2ccc3c(c2)OCO3)cc1. The lowest BCUT2D eigenvalue weighted by atomic mass is 10.1. The fourth-order valence-electron chi connectivity index (χ4n) is 3.94. The standard InChI is InChI=1S/C21H20N2O6S2/c1-27-15-5-3-14(4-6-15)20(24)22-21-23(16-10-31(25,26)11-19(16)30-21)9-13-2-7-17-18(8-13)29-12-28-17/h2-8,16,19H,9-12H2,1H3/t16-,19-/m0/s1. The number of carbonyl (C=O) groups is 1. The van der Waals surface area contributed by atoms with Gasteiger partial charge in [-0.05, 0) is 42.0 Å². The molecule has 2 fully saturated rings. The average molecular weight is 461 g/mol. The molecule has 3 aliphatic rings. The minimum atomic E-state index is -3.11. The largest absolute Gasteiger partial charge is 0.497 e. The maximum atomic E-state index is 12.8. The Balaban J connectivity index is 1.43. The molecule has 0 N–H and O–H groups in total. The first kappa shape index (κ1) is 20.2.